The van der Waals surface area contributed by atoms with Crippen molar-refractivity contribution < 1.29 is 18.9 Å². The van der Waals surface area contributed by atoms with Gasteiger partial charge in [-0.1, -0.05) is 66.7 Å². The van der Waals surface area contributed by atoms with Crippen LogP contribution >= 0.6 is 0 Å². The molecule has 0 aromatic heterocycles. The fraction of sp³-hybridized carbons (Fsp3) is 0.333. The lowest BCUT2D eigenvalue weighted by Crippen LogP contribution is -2.10. The second kappa shape index (κ2) is 12.4. The van der Waals surface area contributed by atoms with E-state index in [0.29, 0.717) is 39.8 Å². The van der Waals surface area contributed by atoms with Crippen molar-refractivity contribution in [2.45, 2.75) is 6.61 Å². The molecule has 25 heavy (non-hydrogen) atoms. The molecule has 4 nitrogen and oxygen atoms in total. The van der Waals surface area contributed by atoms with Gasteiger partial charge in [0.05, 0.1) is 33.0 Å². The van der Waals surface area contributed by atoms with E-state index < -0.39 is 0 Å². The first-order valence-electron chi connectivity index (χ1n) is 8.43. The van der Waals surface area contributed by atoms with Gasteiger partial charge >= 0.3 is 0 Å². The molecule has 0 radical (unpaired) electrons. The minimum absolute atomic E-state index is 0.302. The molecule has 2 aromatic carbocycles. The van der Waals surface area contributed by atoms with Crippen molar-refractivity contribution in [3.63, 3.8) is 0 Å². The Morgan fingerprint density at radius 3 is 1.96 bits per heavy atom. The Hall–Kier alpha value is -1.98. The molecule has 0 aliphatic carbocycles. The van der Waals surface area contributed by atoms with Crippen LogP contribution in [0.1, 0.15) is 16.7 Å². The quantitative estimate of drug-likeness (QED) is 0.332. The van der Waals surface area contributed by atoms with Gasteiger partial charge in [0.15, 0.2) is 0 Å². The zero-order valence-electron chi connectivity index (χ0n) is 14.7. The van der Waals surface area contributed by atoms with Crippen LogP contribution in [0.25, 0.3) is 12.2 Å². The molecule has 2 rings (SSSR count). The number of benzene rings is 2. The van der Waals surface area contributed by atoms with E-state index in [4.69, 9.17) is 18.9 Å². The molecule has 134 valence electrons. The Morgan fingerprint density at radius 2 is 1.28 bits per heavy atom. The van der Waals surface area contributed by atoms with E-state index in [1.165, 1.54) is 11.1 Å². The molecule has 0 amide bonds. The lowest BCUT2D eigenvalue weighted by Gasteiger charge is -2.07. The second-order valence-electron chi connectivity index (χ2n) is 5.47. The highest BCUT2D eigenvalue weighted by Gasteiger charge is 1.95. The monoisotopic (exact) mass is 342 g/mol. The van der Waals surface area contributed by atoms with Crippen LogP contribution in [0.5, 0.6) is 0 Å². The third kappa shape index (κ3) is 8.61. The van der Waals surface area contributed by atoms with E-state index in [9.17, 15) is 0 Å². The van der Waals surface area contributed by atoms with Gasteiger partial charge in [-0.25, -0.2) is 0 Å². The van der Waals surface area contributed by atoms with Gasteiger partial charge in [-0.2, -0.15) is 0 Å². The van der Waals surface area contributed by atoms with Gasteiger partial charge in [0.1, 0.15) is 6.79 Å². The molecule has 0 saturated carbocycles. The maximum absolute atomic E-state index is 5.61. The Morgan fingerprint density at radius 1 is 0.680 bits per heavy atom. The average molecular weight is 342 g/mol. The summed E-state index contributed by atoms with van der Waals surface area (Å²) in [5.74, 6) is 0. The Bertz CT molecular complexity index is 593. The summed E-state index contributed by atoms with van der Waals surface area (Å²) in [7, 11) is 1.60. The first-order chi connectivity index (χ1) is 12.4. The van der Waals surface area contributed by atoms with Crippen LogP contribution in [0.2, 0.25) is 0 Å². The Balaban J connectivity index is 1.60. The van der Waals surface area contributed by atoms with Crippen molar-refractivity contribution >= 4 is 12.2 Å². The maximum atomic E-state index is 5.61. The number of hydrogen-bond acceptors (Lipinski definition) is 4. The highest BCUT2D eigenvalue weighted by Crippen LogP contribution is 2.10. The van der Waals surface area contributed by atoms with E-state index in [2.05, 4.69) is 48.6 Å². The summed E-state index contributed by atoms with van der Waals surface area (Å²) >= 11 is 0. The van der Waals surface area contributed by atoms with E-state index in [0.717, 1.165) is 5.56 Å². The van der Waals surface area contributed by atoms with Crippen LogP contribution in [-0.2, 0) is 25.6 Å². The largest absolute Gasteiger partial charge is 0.377 e. The van der Waals surface area contributed by atoms with Crippen LogP contribution in [-0.4, -0.2) is 40.3 Å². The molecule has 0 bridgehead atoms. The highest BCUT2D eigenvalue weighted by molar-refractivity contribution is 5.69. The molecule has 0 spiro atoms. The summed E-state index contributed by atoms with van der Waals surface area (Å²) < 4.78 is 20.9. The van der Waals surface area contributed by atoms with E-state index in [1.54, 1.807) is 7.11 Å². The molecule has 0 heterocycles. The SMILES string of the molecule is COCOCCOCCOCc1ccc(C=Cc2ccccc2)cc1. The standard InChI is InChI=1S/C21H26O4/c1-22-18-25-16-14-23-13-15-24-17-21-11-9-20(10-12-21)8-7-19-5-3-2-4-6-19/h2-12H,13-18H2,1H3. The van der Waals surface area contributed by atoms with Crippen LogP contribution < -0.4 is 0 Å². The molecule has 0 unspecified atom stereocenters. The summed E-state index contributed by atoms with van der Waals surface area (Å²) in [6.07, 6.45) is 4.22. The Labute approximate surface area is 150 Å². The molecule has 0 fully saturated rings. The predicted octanol–water partition coefficient (Wildman–Crippen LogP) is 4.01. The molecule has 0 N–H and O–H groups in total. The van der Waals surface area contributed by atoms with Gasteiger partial charge < -0.3 is 18.9 Å². The Kier molecular flexibility index (Phi) is 9.59. The zero-order valence-corrected chi connectivity index (χ0v) is 14.7. The molecule has 0 atom stereocenters. The lowest BCUT2D eigenvalue weighted by molar-refractivity contribution is -0.0558. The van der Waals surface area contributed by atoms with Crippen molar-refractivity contribution in [2.75, 3.05) is 40.3 Å². The number of hydrogen-bond donors (Lipinski definition) is 0. The van der Waals surface area contributed by atoms with Gasteiger partial charge in [0, 0.05) is 7.11 Å². The predicted molar refractivity (Wildman–Crippen MR) is 100 cm³/mol. The number of ether oxygens (including phenoxy) is 4. The molecule has 2 aromatic rings. The zero-order chi connectivity index (χ0) is 17.6. The van der Waals surface area contributed by atoms with Crippen LogP contribution in [0.4, 0.5) is 0 Å². The fourth-order valence-corrected chi connectivity index (χ4v) is 2.15. The highest BCUT2D eigenvalue weighted by atomic mass is 16.7. The minimum atomic E-state index is 0.302. The smallest absolute Gasteiger partial charge is 0.146 e. The van der Waals surface area contributed by atoms with Crippen molar-refractivity contribution in [3.8, 4) is 0 Å². The lowest BCUT2D eigenvalue weighted by atomic mass is 10.1. The molecule has 0 saturated heterocycles. The first kappa shape index (κ1) is 19.3. The van der Waals surface area contributed by atoms with E-state index in [1.807, 2.05) is 18.2 Å². The number of methoxy groups -OCH3 is 1. The van der Waals surface area contributed by atoms with Gasteiger partial charge in [-0.3, -0.25) is 0 Å². The topological polar surface area (TPSA) is 36.9 Å². The summed E-state index contributed by atoms with van der Waals surface area (Å²) in [5, 5.41) is 0. The van der Waals surface area contributed by atoms with E-state index in [-0.39, 0.29) is 0 Å². The van der Waals surface area contributed by atoms with Crippen molar-refractivity contribution in [1.29, 1.82) is 0 Å². The fourth-order valence-electron chi connectivity index (χ4n) is 2.15. The van der Waals surface area contributed by atoms with Gasteiger partial charge in [0.2, 0.25) is 0 Å². The van der Waals surface area contributed by atoms with Crippen LogP contribution in [0.15, 0.2) is 54.6 Å². The van der Waals surface area contributed by atoms with Gasteiger partial charge in [-0.15, -0.1) is 0 Å². The summed E-state index contributed by atoms with van der Waals surface area (Å²) in [6, 6.07) is 18.6. The van der Waals surface area contributed by atoms with E-state index >= 15 is 0 Å². The van der Waals surface area contributed by atoms with Crippen molar-refractivity contribution in [3.05, 3.63) is 71.3 Å². The molecule has 0 aliphatic rings. The molecule has 4 heteroatoms. The summed E-state index contributed by atoms with van der Waals surface area (Å²) in [4.78, 5) is 0. The third-order valence-corrected chi connectivity index (χ3v) is 3.46. The van der Waals surface area contributed by atoms with Crippen LogP contribution in [0, 0.1) is 0 Å². The first-order valence-corrected chi connectivity index (χ1v) is 8.43. The second-order valence-corrected chi connectivity index (χ2v) is 5.47. The molecular formula is C21H26O4. The normalized spacial score (nSPS) is 11.2. The van der Waals surface area contributed by atoms with Crippen molar-refractivity contribution in [2.24, 2.45) is 0 Å². The number of rotatable bonds is 12. The third-order valence-electron chi connectivity index (χ3n) is 3.46. The molecular weight excluding hydrogens is 316 g/mol. The van der Waals surface area contributed by atoms with Gasteiger partial charge in [0.25, 0.3) is 0 Å². The summed E-state index contributed by atoms with van der Waals surface area (Å²) in [5.41, 5.74) is 3.52. The van der Waals surface area contributed by atoms with Gasteiger partial charge in [-0.05, 0) is 16.7 Å². The molecule has 0 aliphatic heterocycles. The average Bonchev–Trinajstić information content (AvgIpc) is 2.67. The van der Waals surface area contributed by atoms with Crippen LogP contribution in [0.3, 0.4) is 0 Å². The minimum Gasteiger partial charge on any atom is -0.377 e. The van der Waals surface area contributed by atoms with Crippen molar-refractivity contribution in [1.82, 2.24) is 0 Å². The maximum Gasteiger partial charge on any atom is 0.146 e. The summed E-state index contributed by atoms with van der Waals surface area (Å²) in [6.45, 7) is 3.11.